The topological polar surface area (TPSA) is 110 Å². The van der Waals surface area contributed by atoms with E-state index in [4.69, 9.17) is 9.79 Å². The van der Waals surface area contributed by atoms with Crippen LogP contribution in [0, 0.1) is 0 Å². The van der Waals surface area contributed by atoms with Crippen LogP contribution in [0.3, 0.4) is 0 Å². The second-order valence-electron chi connectivity index (χ2n) is 5.40. The molecule has 0 radical (unpaired) electrons. The largest absolute Gasteiger partial charge is 0.508 e. The molecular weight excluding hydrogens is 317 g/mol. The SMILES string of the molecule is CCC(Cc1cc(O)ccc1NP(=O)(O)O)c1cccc(O)c1. The van der Waals surface area contributed by atoms with Crippen molar-refractivity contribution in [3.63, 3.8) is 0 Å². The van der Waals surface area contributed by atoms with E-state index >= 15 is 0 Å². The predicted octanol–water partition coefficient (Wildman–Crippen LogP) is 3.34. The standard InChI is InChI=1S/C16H20NO5P/c1-2-11(12-4-3-5-14(18)9-12)8-13-10-15(19)6-7-16(13)17-23(20,21)22/h3-7,9-11,18-19H,2,8H2,1H3,(H3,17,20,21,22). The molecular formula is C16H20NO5P. The van der Waals surface area contributed by atoms with E-state index in [1.807, 2.05) is 13.0 Å². The molecule has 2 aromatic rings. The third-order valence-corrected chi connectivity index (χ3v) is 4.19. The highest BCUT2D eigenvalue weighted by Crippen LogP contribution is 2.39. The number of rotatable bonds is 6. The zero-order chi connectivity index (χ0) is 17.0. The first-order chi connectivity index (χ1) is 10.8. The highest BCUT2D eigenvalue weighted by molar-refractivity contribution is 7.53. The van der Waals surface area contributed by atoms with Crippen LogP contribution in [-0.2, 0) is 11.0 Å². The van der Waals surface area contributed by atoms with Crippen LogP contribution >= 0.6 is 7.75 Å². The maximum absolute atomic E-state index is 11.2. The van der Waals surface area contributed by atoms with Crippen LogP contribution in [0.4, 0.5) is 5.69 Å². The summed E-state index contributed by atoms with van der Waals surface area (Å²) in [5.41, 5.74) is 1.82. The summed E-state index contributed by atoms with van der Waals surface area (Å²) in [6.07, 6.45) is 1.24. The summed E-state index contributed by atoms with van der Waals surface area (Å²) in [5.74, 6) is 0.244. The molecule has 0 aliphatic rings. The van der Waals surface area contributed by atoms with Gasteiger partial charge in [-0.15, -0.1) is 0 Å². The van der Waals surface area contributed by atoms with Crippen molar-refractivity contribution >= 4 is 13.4 Å². The quantitative estimate of drug-likeness (QED) is 0.408. The average molecular weight is 337 g/mol. The molecule has 1 unspecified atom stereocenters. The van der Waals surface area contributed by atoms with Crippen molar-refractivity contribution in [3.05, 3.63) is 53.6 Å². The van der Waals surface area contributed by atoms with E-state index in [1.165, 1.54) is 18.2 Å². The lowest BCUT2D eigenvalue weighted by Crippen LogP contribution is -2.05. The Morgan fingerprint density at radius 1 is 1.09 bits per heavy atom. The van der Waals surface area contributed by atoms with Crippen molar-refractivity contribution in [3.8, 4) is 11.5 Å². The minimum Gasteiger partial charge on any atom is -0.508 e. The van der Waals surface area contributed by atoms with Gasteiger partial charge in [0.15, 0.2) is 0 Å². The molecule has 5 N–H and O–H groups in total. The van der Waals surface area contributed by atoms with E-state index in [1.54, 1.807) is 18.2 Å². The van der Waals surface area contributed by atoms with Gasteiger partial charge in [0.25, 0.3) is 0 Å². The summed E-state index contributed by atoms with van der Waals surface area (Å²) >= 11 is 0. The molecule has 0 amide bonds. The Labute approximate surface area is 134 Å². The second kappa shape index (κ2) is 7.04. The summed E-state index contributed by atoms with van der Waals surface area (Å²) < 4.78 is 11.2. The van der Waals surface area contributed by atoms with Gasteiger partial charge in [0.1, 0.15) is 11.5 Å². The lowest BCUT2D eigenvalue weighted by molar-refractivity contribution is 0.380. The summed E-state index contributed by atoms with van der Waals surface area (Å²) in [6.45, 7) is 1.99. The molecule has 0 aromatic heterocycles. The van der Waals surface area contributed by atoms with Gasteiger partial charge in [0.2, 0.25) is 0 Å². The zero-order valence-electron chi connectivity index (χ0n) is 12.7. The Bertz CT molecular complexity index is 728. The smallest absolute Gasteiger partial charge is 0.427 e. The molecule has 2 aromatic carbocycles. The van der Waals surface area contributed by atoms with Gasteiger partial charge in [0.05, 0.1) is 0 Å². The third-order valence-electron chi connectivity index (χ3n) is 3.66. The molecule has 0 saturated heterocycles. The maximum Gasteiger partial charge on any atom is 0.427 e. The molecule has 0 aliphatic heterocycles. The highest BCUT2D eigenvalue weighted by Gasteiger charge is 2.18. The van der Waals surface area contributed by atoms with Gasteiger partial charge < -0.3 is 20.0 Å². The van der Waals surface area contributed by atoms with Crippen LogP contribution in [0.25, 0.3) is 0 Å². The summed E-state index contributed by atoms with van der Waals surface area (Å²) in [4.78, 5) is 18.2. The lowest BCUT2D eigenvalue weighted by Gasteiger charge is -2.19. The van der Waals surface area contributed by atoms with E-state index in [0.717, 1.165) is 12.0 Å². The zero-order valence-corrected chi connectivity index (χ0v) is 13.6. The minimum absolute atomic E-state index is 0.0297. The van der Waals surface area contributed by atoms with Crippen molar-refractivity contribution in [1.29, 1.82) is 0 Å². The number of anilines is 1. The average Bonchev–Trinajstić information content (AvgIpc) is 2.46. The van der Waals surface area contributed by atoms with Crippen LogP contribution in [0.5, 0.6) is 11.5 Å². The summed E-state index contributed by atoms with van der Waals surface area (Å²) in [5, 5.41) is 21.5. The van der Waals surface area contributed by atoms with E-state index in [0.29, 0.717) is 12.0 Å². The van der Waals surface area contributed by atoms with Crippen molar-refractivity contribution < 1.29 is 24.6 Å². The molecule has 0 saturated carbocycles. The number of hydrogen-bond donors (Lipinski definition) is 5. The fourth-order valence-electron chi connectivity index (χ4n) is 2.56. The Morgan fingerprint density at radius 3 is 2.39 bits per heavy atom. The minimum atomic E-state index is -4.43. The molecule has 0 aliphatic carbocycles. The van der Waals surface area contributed by atoms with Gasteiger partial charge in [0, 0.05) is 5.69 Å². The Morgan fingerprint density at radius 2 is 1.78 bits per heavy atom. The fraction of sp³-hybridized carbons (Fsp3) is 0.250. The lowest BCUT2D eigenvalue weighted by atomic mass is 9.89. The summed E-state index contributed by atoms with van der Waals surface area (Å²) in [7, 11) is -4.43. The third kappa shape index (κ3) is 4.99. The van der Waals surface area contributed by atoms with Crippen LogP contribution < -0.4 is 5.09 Å². The monoisotopic (exact) mass is 337 g/mol. The first-order valence-electron chi connectivity index (χ1n) is 7.23. The second-order valence-corrected chi connectivity index (χ2v) is 6.71. The van der Waals surface area contributed by atoms with Crippen molar-refractivity contribution in [2.45, 2.75) is 25.7 Å². The van der Waals surface area contributed by atoms with E-state index in [2.05, 4.69) is 5.09 Å². The molecule has 23 heavy (non-hydrogen) atoms. The maximum atomic E-state index is 11.2. The van der Waals surface area contributed by atoms with Gasteiger partial charge in [-0.25, -0.2) is 4.57 Å². The molecule has 2 rings (SSSR count). The number of phenols is 2. The van der Waals surface area contributed by atoms with Gasteiger partial charge in [-0.2, -0.15) is 0 Å². The Balaban J connectivity index is 2.33. The van der Waals surface area contributed by atoms with Crippen LogP contribution in [0.2, 0.25) is 0 Å². The molecule has 0 spiro atoms. The van der Waals surface area contributed by atoms with E-state index in [-0.39, 0.29) is 23.1 Å². The van der Waals surface area contributed by atoms with Gasteiger partial charge in [-0.1, -0.05) is 19.1 Å². The number of nitrogens with one attached hydrogen (secondary N) is 1. The van der Waals surface area contributed by atoms with Gasteiger partial charge in [-0.05, 0) is 60.2 Å². The summed E-state index contributed by atoms with van der Waals surface area (Å²) in [6, 6.07) is 11.2. The molecule has 0 bridgehead atoms. The number of hydrogen-bond acceptors (Lipinski definition) is 3. The Kier molecular flexibility index (Phi) is 5.31. The molecule has 7 heteroatoms. The van der Waals surface area contributed by atoms with Crippen molar-refractivity contribution in [2.24, 2.45) is 0 Å². The van der Waals surface area contributed by atoms with Crippen molar-refractivity contribution in [2.75, 3.05) is 5.09 Å². The van der Waals surface area contributed by atoms with Gasteiger partial charge >= 0.3 is 7.75 Å². The van der Waals surface area contributed by atoms with Crippen LogP contribution in [0.1, 0.15) is 30.4 Å². The van der Waals surface area contributed by atoms with Gasteiger partial charge in [-0.3, -0.25) is 5.09 Å². The molecule has 124 valence electrons. The fourth-order valence-corrected chi connectivity index (χ4v) is 3.09. The Hall–Kier alpha value is -2.01. The number of benzene rings is 2. The molecule has 0 heterocycles. The van der Waals surface area contributed by atoms with E-state index < -0.39 is 7.75 Å². The number of aromatic hydroxyl groups is 2. The van der Waals surface area contributed by atoms with Crippen LogP contribution in [-0.4, -0.2) is 20.0 Å². The van der Waals surface area contributed by atoms with Crippen LogP contribution in [0.15, 0.2) is 42.5 Å². The predicted molar refractivity (Wildman–Crippen MR) is 88.6 cm³/mol. The molecule has 6 nitrogen and oxygen atoms in total. The number of phenolic OH excluding ortho intramolecular Hbond substituents is 2. The molecule has 1 atom stereocenters. The first kappa shape index (κ1) is 17.3. The molecule has 0 fully saturated rings. The van der Waals surface area contributed by atoms with Crippen molar-refractivity contribution in [1.82, 2.24) is 0 Å². The normalized spacial score (nSPS) is 12.8. The van der Waals surface area contributed by atoms with E-state index in [9.17, 15) is 14.8 Å². The first-order valence-corrected chi connectivity index (χ1v) is 8.84. The highest BCUT2D eigenvalue weighted by atomic mass is 31.2.